The van der Waals surface area contributed by atoms with Crippen LogP contribution in [0.25, 0.3) is 17.0 Å². The van der Waals surface area contributed by atoms with E-state index in [1.54, 1.807) is 15.9 Å². The molecule has 0 bridgehead atoms. The first-order valence-corrected chi connectivity index (χ1v) is 8.45. The predicted octanol–water partition coefficient (Wildman–Crippen LogP) is 3.51. The molecule has 0 fully saturated rings. The van der Waals surface area contributed by atoms with Crippen molar-refractivity contribution in [1.29, 1.82) is 0 Å². The van der Waals surface area contributed by atoms with Gasteiger partial charge in [0.1, 0.15) is 11.9 Å². The standard InChI is InChI=1S/C19H24N4O2/c1-19(2,3)25-18(24)23-11-9-15(10-12-23)14-5-7-16(8-6-14)17-20-13-22(4)21-17/h5-9,13H,10-12H2,1-4H3. The first-order chi connectivity index (χ1) is 11.8. The number of hydrogen-bond acceptors (Lipinski definition) is 4. The number of carbonyl (C=O) groups is 1. The van der Waals surface area contributed by atoms with Gasteiger partial charge in [-0.15, -0.1) is 0 Å². The van der Waals surface area contributed by atoms with E-state index in [4.69, 9.17) is 4.74 Å². The first-order valence-electron chi connectivity index (χ1n) is 8.45. The van der Waals surface area contributed by atoms with Crippen molar-refractivity contribution in [2.24, 2.45) is 7.05 Å². The molecule has 6 nitrogen and oxygen atoms in total. The van der Waals surface area contributed by atoms with Crippen LogP contribution in [-0.2, 0) is 11.8 Å². The molecule has 1 aliphatic rings. The molecule has 0 N–H and O–H groups in total. The third-order valence-electron chi connectivity index (χ3n) is 3.97. The highest BCUT2D eigenvalue weighted by atomic mass is 16.6. The number of amides is 1. The van der Waals surface area contributed by atoms with Gasteiger partial charge in [-0.2, -0.15) is 5.10 Å². The van der Waals surface area contributed by atoms with Gasteiger partial charge in [0.25, 0.3) is 0 Å². The van der Waals surface area contributed by atoms with E-state index in [-0.39, 0.29) is 6.09 Å². The number of hydrogen-bond donors (Lipinski definition) is 0. The van der Waals surface area contributed by atoms with Gasteiger partial charge in [0.2, 0.25) is 0 Å². The maximum atomic E-state index is 12.1. The van der Waals surface area contributed by atoms with Crippen LogP contribution in [0.3, 0.4) is 0 Å². The third kappa shape index (κ3) is 4.26. The van der Waals surface area contributed by atoms with E-state index < -0.39 is 5.60 Å². The van der Waals surface area contributed by atoms with Gasteiger partial charge in [-0.05, 0) is 38.3 Å². The van der Waals surface area contributed by atoms with Crippen LogP contribution in [0.4, 0.5) is 4.79 Å². The molecule has 6 heteroatoms. The second kappa shape index (κ2) is 6.70. The molecule has 0 radical (unpaired) electrons. The minimum absolute atomic E-state index is 0.251. The Balaban J connectivity index is 1.66. The second-order valence-electron chi connectivity index (χ2n) is 7.22. The van der Waals surface area contributed by atoms with Crippen LogP contribution in [0.15, 0.2) is 36.7 Å². The minimum Gasteiger partial charge on any atom is -0.444 e. The molecule has 0 unspecified atom stereocenters. The van der Waals surface area contributed by atoms with E-state index in [0.717, 1.165) is 17.8 Å². The Morgan fingerprint density at radius 1 is 1.16 bits per heavy atom. The van der Waals surface area contributed by atoms with Gasteiger partial charge in [-0.1, -0.05) is 30.3 Å². The number of aryl methyl sites for hydroxylation is 1. The highest BCUT2D eigenvalue weighted by molar-refractivity contribution is 5.73. The van der Waals surface area contributed by atoms with Gasteiger partial charge in [0.15, 0.2) is 5.82 Å². The third-order valence-corrected chi connectivity index (χ3v) is 3.97. The quantitative estimate of drug-likeness (QED) is 0.839. The van der Waals surface area contributed by atoms with Crippen molar-refractivity contribution in [2.45, 2.75) is 32.8 Å². The SMILES string of the molecule is Cn1cnc(-c2ccc(C3=CCN(C(=O)OC(C)(C)C)CC3)cc2)n1. The van der Waals surface area contributed by atoms with Crippen LogP contribution >= 0.6 is 0 Å². The van der Waals surface area contributed by atoms with Crippen molar-refractivity contribution < 1.29 is 9.53 Å². The fourth-order valence-electron chi connectivity index (χ4n) is 2.73. The monoisotopic (exact) mass is 340 g/mol. The smallest absolute Gasteiger partial charge is 0.410 e. The van der Waals surface area contributed by atoms with E-state index in [1.165, 1.54) is 11.1 Å². The fraction of sp³-hybridized carbons (Fsp3) is 0.421. The van der Waals surface area contributed by atoms with Crippen molar-refractivity contribution in [2.75, 3.05) is 13.1 Å². The summed E-state index contributed by atoms with van der Waals surface area (Å²) < 4.78 is 7.12. The molecule has 0 spiro atoms. The van der Waals surface area contributed by atoms with E-state index >= 15 is 0 Å². The molecule has 25 heavy (non-hydrogen) atoms. The Kier molecular flexibility index (Phi) is 4.61. The summed E-state index contributed by atoms with van der Waals surface area (Å²) in [7, 11) is 1.86. The maximum Gasteiger partial charge on any atom is 0.410 e. The van der Waals surface area contributed by atoms with E-state index in [9.17, 15) is 4.79 Å². The highest BCUT2D eigenvalue weighted by Crippen LogP contribution is 2.25. The summed E-state index contributed by atoms with van der Waals surface area (Å²) in [6, 6.07) is 8.23. The molecule has 0 saturated carbocycles. The summed E-state index contributed by atoms with van der Waals surface area (Å²) in [5, 5.41) is 4.31. The largest absolute Gasteiger partial charge is 0.444 e. The molecular weight excluding hydrogens is 316 g/mol. The zero-order valence-corrected chi connectivity index (χ0v) is 15.2. The number of aromatic nitrogens is 3. The van der Waals surface area contributed by atoms with Crippen molar-refractivity contribution in [3.63, 3.8) is 0 Å². The molecule has 132 valence electrons. The summed E-state index contributed by atoms with van der Waals surface area (Å²) >= 11 is 0. The van der Waals surface area contributed by atoms with Gasteiger partial charge in [0, 0.05) is 25.7 Å². The highest BCUT2D eigenvalue weighted by Gasteiger charge is 2.23. The first kappa shape index (κ1) is 17.2. The zero-order valence-electron chi connectivity index (χ0n) is 15.2. The number of carbonyl (C=O) groups excluding carboxylic acids is 1. The molecule has 2 aromatic rings. The Bertz CT molecular complexity index is 785. The Hall–Kier alpha value is -2.63. The van der Waals surface area contributed by atoms with Crippen LogP contribution in [-0.4, -0.2) is 44.4 Å². The molecule has 1 aromatic carbocycles. The van der Waals surface area contributed by atoms with Crippen LogP contribution in [0.1, 0.15) is 32.8 Å². The van der Waals surface area contributed by atoms with Crippen LogP contribution in [0.2, 0.25) is 0 Å². The van der Waals surface area contributed by atoms with Crippen molar-refractivity contribution >= 4 is 11.7 Å². The molecule has 2 heterocycles. The second-order valence-corrected chi connectivity index (χ2v) is 7.22. The molecule has 0 atom stereocenters. The summed E-state index contributed by atoms with van der Waals surface area (Å²) in [5.74, 6) is 0.725. The van der Waals surface area contributed by atoms with Crippen LogP contribution in [0, 0.1) is 0 Å². The van der Waals surface area contributed by atoms with Crippen LogP contribution < -0.4 is 0 Å². The number of rotatable bonds is 2. The lowest BCUT2D eigenvalue weighted by molar-refractivity contribution is 0.0270. The van der Waals surface area contributed by atoms with Crippen molar-refractivity contribution in [3.8, 4) is 11.4 Å². The van der Waals surface area contributed by atoms with Gasteiger partial charge >= 0.3 is 6.09 Å². The lowest BCUT2D eigenvalue weighted by atomic mass is 9.98. The van der Waals surface area contributed by atoms with Gasteiger partial charge < -0.3 is 9.64 Å². The molecular formula is C19H24N4O2. The molecule has 1 aliphatic heterocycles. The van der Waals surface area contributed by atoms with Crippen molar-refractivity contribution in [1.82, 2.24) is 19.7 Å². The molecule has 1 amide bonds. The molecule has 0 saturated heterocycles. The van der Waals surface area contributed by atoms with Gasteiger partial charge in [0.05, 0.1) is 0 Å². The Morgan fingerprint density at radius 2 is 1.84 bits per heavy atom. The maximum absolute atomic E-state index is 12.1. The molecule has 1 aromatic heterocycles. The number of nitrogens with zero attached hydrogens (tertiary/aromatic N) is 4. The van der Waals surface area contributed by atoms with E-state index in [0.29, 0.717) is 13.1 Å². The van der Waals surface area contributed by atoms with E-state index in [1.807, 2.05) is 40.0 Å². The van der Waals surface area contributed by atoms with Gasteiger partial charge in [-0.25, -0.2) is 9.78 Å². The minimum atomic E-state index is -0.462. The van der Waals surface area contributed by atoms with Crippen LogP contribution in [0.5, 0.6) is 0 Å². The molecule has 0 aliphatic carbocycles. The molecule has 3 rings (SSSR count). The lowest BCUT2D eigenvalue weighted by Crippen LogP contribution is -2.39. The number of ether oxygens (including phenoxy) is 1. The Labute approximate surface area is 148 Å². The summed E-state index contributed by atoms with van der Waals surface area (Å²) in [4.78, 5) is 18.1. The zero-order chi connectivity index (χ0) is 18.0. The van der Waals surface area contributed by atoms with Gasteiger partial charge in [-0.3, -0.25) is 4.68 Å². The average molecular weight is 340 g/mol. The predicted molar refractivity (Wildman–Crippen MR) is 96.8 cm³/mol. The topological polar surface area (TPSA) is 60.2 Å². The van der Waals surface area contributed by atoms with Crippen molar-refractivity contribution in [3.05, 3.63) is 42.2 Å². The summed E-state index contributed by atoms with van der Waals surface area (Å²) in [6.07, 6.45) is 4.36. The Morgan fingerprint density at radius 3 is 2.36 bits per heavy atom. The summed E-state index contributed by atoms with van der Waals surface area (Å²) in [5.41, 5.74) is 2.95. The number of benzene rings is 1. The summed E-state index contributed by atoms with van der Waals surface area (Å²) in [6.45, 7) is 6.90. The van der Waals surface area contributed by atoms with E-state index in [2.05, 4.69) is 28.3 Å². The normalized spacial score (nSPS) is 15.0. The lowest BCUT2D eigenvalue weighted by Gasteiger charge is -2.29. The average Bonchev–Trinajstić information content (AvgIpc) is 3.00. The fourth-order valence-corrected chi connectivity index (χ4v) is 2.73.